The van der Waals surface area contributed by atoms with Crippen LogP contribution in [0, 0.1) is 0 Å². The van der Waals surface area contributed by atoms with Gasteiger partial charge in [0.05, 0.1) is 6.61 Å². The number of ether oxygens (including phenoxy) is 1. The first-order valence-corrected chi connectivity index (χ1v) is 6.93. The van der Waals surface area contributed by atoms with Crippen molar-refractivity contribution in [1.82, 2.24) is 9.97 Å². The summed E-state index contributed by atoms with van der Waals surface area (Å²) >= 11 is 3.46. The van der Waals surface area contributed by atoms with Gasteiger partial charge in [-0.2, -0.15) is 0 Å². The first kappa shape index (κ1) is 14.4. The normalized spacial score (nSPS) is 10.9. The van der Waals surface area contributed by atoms with E-state index in [9.17, 15) is 0 Å². The average molecular weight is 302 g/mol. The Bertz CT molecular complexity index is 333. The summed E-state index contributed by atoms with van der Waals surface area (Å²) in [5.41, 5.74) is 1.08. The van der Waals surface area contributed by atoms with Gasteiger partial charge in [-0.1, -0.05) is 29.8 Å². The summed E-state index contributed by atoms with van der Waals surface area (Å²) in [6.07, 6.45) is 1.64. The number of anilines is 1. The van der Waals surface area contributed by atoms with Gasteiger partial charge in [0.15, 0.2) is 0 Å². The molecule has 0 aromatic carbocycles. The van der Waals surface area contributed by atoms with Crippen molar-refractivity contribution < 1.29 is 4.74 Å². The molecule has 0 aliphatic carbocycles. The fraction of sp³-hybridized carbons (Fsp3) is 0.667. The largest absolute Gasteiger partial charge is 0.383 e. The number of halogens is 1. The summed E-state index contributed by atoms with van der Waals surface area (Å²) in [4.78, 5) is 10.8. The SMILES string of the molecule is COCCN(CCBr)c1cc(C(C)C)ncn1. The third-order valence-electron chi connectivity index (χ3n) is 2.51. The predicted molar refractivity (Wildman–Crippen MR) is 74.0 cm³/mol. The highest BCUT2D eigenvalue weighted by molar-refractivity contribution is 9.09. The number of nitrogens with zero attached hydrogens (tertiary/aromatic N) is 3. The fourth-order valence-corrected chi connectivity index (χ4v) is 1.92. The molecule has 96 valence electrons. The molecule has 1 heterocycles. The molecule has 0 unspecified atom stereocenters. The fourth-order valence-electron chi connectivity index (χ4n) is 1.49. The summed E-state index contributed by atoms with van der Waals surface area (Å²) in [7, 11) is 1.71. The number of methoxy groups -OCH3 is 1. The zero-order valence-electron chi connectivity index (χ0n) is 10.7. The summed E-state index contributed by atoms with van der Waals surface area (Å²) in [6.45, 7) is 6.73. The van der Waals surface area contributed by atoms with Crippen molar-refractivity contribution >= 4 is 21.7 Å². The van der Waals surface area contributed by atoms with Crippen molar-refractivity contribution in [2.24, 2.45) is 0 Å². The van der Waals surface area contributed by atoms with Crippen molar-refractivity contribution in [3.05, 3.63) is 18.1 Å². The van der Waals surface area contributed by atoms with Gasteiger partial charge in [0.25, 0.3) is 0 Å². The Hall–Kier alpha value is -0.680. The Balaban J connectivity index is 2.81. The van der Waals surface area contributed by atoms with E-state index in [2.05, 4.69) is 50.7 Å². The topological polar surface area (TPSA) is 38.2 Å². The van der Waals surface area contributed by atoms with Gasteiger partial charge < -0.3 is 9.64 Å². The molecule has 1 aromatic heterocycles. The third kappa shape index (κ3) is 4.60. The van der Waals surface area contributed by atoms with Crippen molar-refractivity contribution in [2.75, 3.05) is 37.0 Å². The highest BCUT2D eigenvalue weighted by Crippen LogP contribution is 2.16. The summed E-state index contributed by atoms with van der Waals surface area (Å²) in [5, 5.41) is 0.914. The van der Waals surface area contributed by atoms with Gasteiger partial charge in [0, 0.05) is 37.3 Å². The maximum atomic E-state index is 5.12. The van der Waals surface area contributed by atoms with E-state index < -0.39 is 0 Å². The van der Waals surface area contributed by atoms with Crippen LogP contribution in [0.1, 0.15) is 25.5 Å². The Morgan fingerprint density at radius 1 is 1.35 bits per heavy atom. The molecule has 5 heteroatoms. The zero-order valence-corrected chi connectivity index (χ0v) is 12.3. The maximum absolute atomic E-state index is 5.12. The van der Waals surface area contributed by atoms with Crippen LogP contribution in [-0.2, 0) is 4.74 Å². The van der Waals surface area contributed by atoms with Crippen LogP contribution in [0.5, 0.6) is 0 Å². The molecular weight excluding hydrogens is 282 g/mol. The highest BCUT2D eigenvalue weighted by atomic mass is 79.9. The van der Waals surface area contributed by atoms with Crippen molar-refractivity contribution in [1.29, 1.82) is 0 Å². The zero-order chi connectivity index (χ0) is 12.7. The molecule has 0 radical (unpaired) electrons. The van der Waals surface area contributed by atoms with E-state index in [1.54, 1.807) is 13.4 Å². The molecule has 0 spiro atoms. The number of hydrogen-bond donors (Lipinski definition) is 0. The average Bonchev–Trinajstić information content (AvgIpc) is 2.34. The lowest BCUT2D eigenvalue weighted by atomic mass is 10.1. The molecule has 0 saturated carbocycles. The molecule has 0 saturated heterocycles. The van der Waals surface area contributed by atoms with Crippen LogP contribution in [0.15, 0.2) is 12.4 Å². The van der Waals surface area contributed by atoms with Gasteiger partial charge in [-0.05, 0) is 5.92 Å². The molecule has 17 heavy (non-hydrogen) atoms. The molecule has 0 aliphatic heterocycles. The molecule has 0 amide bonds. The lowest BCUT2D eigenvalue weighted by molar-refractivity contribution is 0.205. The molecule has 0 fully saturated rings. The third-order valence-corrected chi connectivity index (χ3v) is 2.86. The first-order valence-electron chi connectivity index (χ1n) is 5.80. The molecular formula is C12H20BrN3O. The smallest absolute Gasteiger partial charge is 0.132 e. The van der Waals surface area contributed by atoms with E-state index in [1.165, 1.54) is 0 Å². The molecule has 0 aliphatic rings. The van der Waals surface area contributed by atoms with E-state index in [1.807, 2.05) is 0 Å². The molecule has 0 bridgehead atoms. The Morgan fingerprint density at radius 3 is 2.71 bits per heavy atom. The van der Waals surface area contributed by atoms with Gasteiger partial charge in [0.2, 0.25) is 0 Å². The number of rotatable bonds is 7. The van der Waals surface area contributed by atoms with Gasteiger partial charge >= 0.3 is 0 Å². The highest BCUT2D eigenvalue weighted by Gasteiger charge is 2.09. The monoisotopic (exact) mass is 301 g/mol. The lowest BCUT2D eigenvalue weighted by Crippen LogP contribution is -2.30. The first-order chi connectivity index (χ1) is 8.19. The predicted octanol–water partition coefficient (Wildman–Crippen LogP) is 2.45. The molecule has 4 nitrogen and oxygen atoms in total. The van der Waals surface area contributed by atoms with Crippen LogP contribution in [0.4, 0.5) is 5.82 Å². The van der Waals surface area contributed by atoms with Crippen LogP contribution in [0.3, 0.4) is 0 Å². The Labute approximate surface area is 112 Å². The number of hydrogen-bond acceptors (Lipinski definition) is 4. The number of alkyl halides is 1. The Morgan fingerprint density at radius 2 is 2.12 bits per heavy atom. The summed E-state index contributed by atoms with van der Waals surface area (Å²) < 4.78 is 5.12. The van der Waals surface area contributed by atoms with Crippen molar-refractivity contribution in [3.8, 4) is 0 Å². The minimum absolute atomic E-state index is 0.421. The second-order valence-corrected chi connectivity index (χ2v) is 4.92. The minimum atomic E-state index is 0.421. The van der Waals surface area contributed by atoms with Gasteiger partial charge in [-0.3, -0.25) is 0 Å². The Kier molecular flexibility index (Phi) is 6.44. The van der Waals surface area contributed by atoms with Crippen LogP contribution >= 0.6 is 15.9 Å². The van der Waals surface area contributed by atoms with Gasteiger partial charge in [0.1, 0.15) is 12.1 Å². The van der Waals surface area contributed by atoms with Crippen LogP contribution < -0.4 is 4.90 Å². The lowest BCUT2D eigenvalue weighted by Gasteiger charge is -2.22. The summed E-state index contributed by atoms with van der Waals surface area (Å²) in [6, 6.07) is 2.06. The van der Waals surface area contributed by atoms with Crippen molar-refractivity contribution in [2.45, 2.75) is 19.8 Å². The summed E-state index contributed by atoms with van der Waals surface area (Å²) in [5.74, 6) is 1.39. The molecule has 1 rings (SSSR count). The van der Waals surface area contributed by atoms with E-state index in [0.717, 1.165) is 29.9 Å². The quantitative estimate of drug-likeness (QED) is 0.725. The molecule has 0 N–H and O–H groups in total. The second-order valence-electron chi connectivity index (χ2n) is 4.12. The molecule has 1 aromatic rings. The molecule has 0 atom stereocenters. The second kappa shape index (κ2) is 7.61. The van der Waals surface area contributed by atoms with Crippen molar-refractivity contribution in [3.63, 3.8) is 0 Å². The van der Waals surface area contributed by atoms with Crippen LogP contribution in [0.25, 0.3) is 0 Å². The standard InChI is InChI=1S/C12H20BrN3O/c1-10(2)11-8-12(15-9-14-11)16(5-4-13)6-7-17-3/h8-10H,4-7H2,1-3H3. The van der Waals surface area contributed by atoms with E-state index in [-0.39, 0.29) is 0 Å². The van der Waals surface area contributed by atoms with E-state index in [0.29, 0.717) is 12.5 Å². The number of aromatic nitrogens is 2. The van der Waals surface area contributed by atoms with E-state index >= 15 is 0 Å². The van der Waals surface area contributed by atoms with Gasteiger partial charge in [-0.25, -0.2) is 9.97 Å². The van der Waals surface area contributed by atoms with Crippen LogP contribution in [0.2, 0.25) is 0 Å². The minimum Gasteiger partial charge on any atom is -0.383 e. The maximum Gasteiger partial charge on any atom is 0.132 e. The van der Waals surface area contributed by atoms with Gasteiger partial charge in [-0.15, -0.1) is 0 Å². The van der Waals surface area contributed by atoms with Crippen LogP contribution in [-0.4, -0.2) is 42.1 Å². The van der Waals surface area contributed by atoms with E-state index in [4.69, 9.17) is 4.74 Å².